The summed E-state index contributed by atoms with van der Waals surface area (Å²) >= 11 is 3.44. The molecule has 2 rings (SSSR count). The highest BCUT2D eigenvalue weighted by atomic mass is 79.9. The predicted octanol–water partition coefficient (Wildman–Crippen LogP) is 4.68. The fraction of sp³-hybridized carbons (Fsp3) is 0.235. The summed E-state index contributed by atoms with van der Waals surface area (Å²) in [4.78, 5) is 14.1. The molecule has 0 unspecified atom stereocenters. The first-order chi connectivity index (χ1) is 9.61. The normalized spacial score (nSPS) is 10.3. The van der Waals surface area contributed by atoms with Crippen molar-refractivity contribution in [2.45, 2.75) is 19.9 Å². The molecule has 0 aromatic heterocycles. The van der Waals surface area contributed by atoms with E-state index in [1.165, 1.54) is 5.56 Å². The number of carbonyl (C=O) groups is 1. The molecule has 0 aliphatic carbocycles. The van der Waals surface area contributed by atoms with Crippen molar-refractivity contribution in [1.82, 2.24) is 0 Å². The van der Waals surface area contributed by atoms with Crippen molar-refractivity contribution in [2.75, 3.05) is 11.9 Å². The first-order valence-electron chi connectivity index (χ1n) is 6.69. The van der Waals surface area contributed by atoms with E-state index >= 15 is 0 Å². The van der Waals surface area contributed by atoms with Gasteiger partial charge in [0.1, 0.15) is 0 Å². The first kappa shape index (κ1) is 14.8. The molecule has 0 amide bonds. The molecule has 104 valence electrons. The van der Waals surface area contributed by atoms with E-state index in [-0.39, 0.29) is 5.78 Å². The Bertz CT molecular complexity index is 592. The highest BCUT2D eigenvalue weighted by Crippen LogP contribution is 2.22. The van der Waals surface area contributed by atoms with Crippen LogP contribution in [0.5, 0.6) is 0 Å². The van der Waals surface area contributed by atoms with Gasteiger partial charge in [0.15, 0.2) is 5.78 Å². The third-order valence-corrected chi connectivity index (χ3v) is 3.80. The van der Waals surface area contributed by atoms with Gasteiger partial charge in [-0.2, -0.15) is 0 Å². The van der Waals surface area contributed by atoms with Crippen LogP contribution in [-0.4, -0.2) is 12.8 Å². The lowest BCUT2D eigenvalue weighted by molar-refractivity contribution is 0.0988. The zero-order valence-corrected chi connectivity index (χ0v) is 13.4. The number of benzene rings is 2. The van der Waals surface area contributed by atoms with Crippen LogP contribution in [0.2, 0.25) is 0 Å². The van der Waals surface area contributed by atoms with Crippen LogP contribution in [-0.2, 0) is 6.54 Å². The van der Waals surface area contributed by atoms with Gasteiger partial charge in [0.2, 0.25) is 0 Å². The second-order valence-electron chi connectivity index (χ2n) is 4.78. The molecular formula is C17H18BrNO. The number of ketones is 1. The maximum Gasteiger partial charge on any atom is 0.164 e. The van der Waals surface area contributed by atoms with Crippen LogP contribution < -0.4 is 4.90 Å². The van der Waals surface area contributed by atoms with Crippen molar-refractivity contribution in [1.29, 1.82) is 0 Å². The topological polar surface area (TPSA) is 20.3 Å². The Morgan fingerprint density at radius 2 is 1.75 bits per heavy atom. The van der Waals surface area contributed by atoms with Crippen LogP contribution in [0.15, 0.2) is 53.0 Å². The van der Waals surface area contributed by atoms with Crippen molar-refractivity contribution in [3.63, 3.8) is 0 Å². The lowest BCUT2D eigenvalue weighted by Crippen LogP contribution is -2.19. The Hall–Kier alpha value is -1.61. The van der Waals surface area contributed by atoms with Crippen molar-refractivity contribution >= 4 is 27.4 Å². The highest BCUT2D eigenvalue weighted by Gasteiger charge is 2.12. The average molecular weight is 332 g/mol. The molecule has 0 saturated heterocycles. The molecule has 0 radical (unpaired) electrons. The third kappa shape index (κ3) is 3.48. The summed E-state index contributed by atoms with van der Waals surface area (Å²) in [6.07, 6.45) is 0.531. The fourth-order valence-electron chi connectivity index (χ4n) is 2.18. The SMILES string of the molecule is CCC(=O)c1ccccc1N(C)Cc1ccc(Br)cc1. The highest BCUT2D eigenvalue weighted by molar-refractivity contribution is 9.10. The molecule has 2 nitrogen and oxygen atoms in total. The molecule has 0 fully saturated rings. The van der Waals surface area contributed by atoms with Gasteiger partial charge in [-0.25, -0.2) is 0 Å². The summed E-state index contributed by atoms with van der Waals surface area (Å²) in [7, 11) is 2.02. The quantitative estimate of drug-likeness (QED) is 0.741. The average Bonchev–Trinajstić information content (AvgIpc) is 2.48. The van der Waals surface area contributed by atoms with Gasteiger partial charge in [-0.05, 0) is 29.8 Å². The molecule has 2 aromatic carbocycles. The number of hydrogen-bond acceptors (Lipinski definition) is 2. The van der Waals surface area contributed by atoms with Gasteiger partial charge in [-0.1, -0.05) is 47.1 Å². The molecule has 20 heavy (non-hydrogen) atoms. The number of halogens is 1. The van der Waals surface area contributed by atoms with Crippen LogP contribution in [0.3, 0.4) is 0 Å². The van der Waals surface area contributed by atoms with Gasteiger partial charge in [-0.3, -0.25) is 4.79 Å². The van der Waals surface area contributed by atoms with E-state index in [4.69, 9.17) is 0 Å². The summed E-state index contributed by atoms with van der Waals surface area (Å²) in [5.41, 5.74) is 3.01. The van der Waals surface area contributed by atoms with Crippen LogP contribution in [0, 0.1) is 0 Å². The van der Waals surface area contributed by atoms with Crippen molar-refractivity contribution in [3.8, 4) is 0 Å². The van der Waals surface area contributed by atoms with Crippen molar-refractivity contribution in [2.24, 2.45) is 0 Å². The second kappa shape index (κ2) is 6.71. The monoisotopic (exact) mass is 331 g/mol. The van der Waals surface area contributed by atoms with Crippen LogP contribution in [0.25, 0.3) is 0 Å². The minimum absolute atomic E-state index is 0.184. The zero-order valence-electron chi connectivity index (χ0n) is 11.8. The molecule has 0 aliphatic heterocycles. The maximum atomic E-state index is 12.0. The minimum Gasteiger partial charge on any atom is -0.370 e. The van der Waals surface area contributed by atoms with Crippen LogP contribution in [0.1, 0.15) is 29.3 Å². The van der Waals surface area contributed by atoms with Gasteiger partial charge >= 0.3 is 0 Å². The molecule has 0 spiro atoms. The number of carbonyl (C=O) groups excluding carboxylic acids is 1. The summed E-state index contributed by atoms with van der Waals surface area (Å²) in [6, 6.07) is 16.0. The van der Waals surface area contributed by atoms with Crippen molar-refractivity contribution < 1.29 is 4.79 Å². The molecule has 0 bridgehead atoms. The summed E-state index contributed by atoms with van der Waals surface area (Å²) in [5, 5.41) is 0. The Balaban J connectivity index is 2.23. The largest absolute Gasteiger partial charge is 0.370 e. The summed E-state index contributed by atoms with van der Waals surface area (Å²) in [6.45, 7) is 2.68. The lowest BCUT2D eigenvalue weighted by atomic mass is 10.1. The van der Waals surface area contributed by atoms with Gasteiger partial charge in [0.25, 0.3) is 0 Å². The van der Waals surface area contributed by atoms with Gasteiger partial charge in [-0.15, -0.1) is 0 Å². The first-order valence-corrected chi connectivity index (χ1v) is 7.49. The number of rotatable bonds is 5. The number of para-hydroxylation sites is 1. The molecule has 0 aliphatic rings. The Morgan fingerprint density at radius 1 is 1.10 bits per heavy atom. The molecular weight excluding hydrogens is 314 g/mol. The zero-order chi connectivity index (χ0) is 14.5. The number of Topliss-reactive ketones (excluding diaryl/α,β-unsaturated/α-hetero) is 1. The third-order valence-electron chi connectivity index (χ3n) is 3.27. The van der Waals surface area contributed by atoms with Crippen molar-refractivity contribution in [3.05, 3.63) is 64.1 Å². The molecule has 0 saturated carbocycles. The van der Waals surface area contributed by atoms with E-state index in [1.54, 1.807) is 0 Å². The Morgan fingerprint density at radius 3 is 2.40 bits per heavy atom. The number of nitrogens with zero attached hydrogens (tertiary/aromatic N) is 1. The number of hydrogen-bond donors (Lipinski definition) is 0. The minimum atomic E-state index is 0.184. The predicted molar refractivity (Wildman–Crippen MR) is 87.3 cm³/mol. The maximum absolute atomic E-state index is 12.0. The van der Waals surface area contributed by atoms with Crippen LogP contribution in [0.4, 0.5) is 5.69 Å². The molecule has 3 heteroatoms. The summed E-state index contributed by atoms with van der Waals surface area (Å²) in [5.74, 6) is 0.184. The van der Waals surface area contributed by atoms with E-state index < -0.39 is 0 Å². The van der Waals surface area contributed by atoms with Gasteiger partial charge in [0.05, 0.1) is 0 Å². The number of anilines is 1. The summed E-state index contributed by atoms with van der Waals surface area (Å²) < 4.78 is 1.07. The lowest BCUT2D eigenvalue weighted by Gasteiger charge is -2.22. The van der Waals surface area contributed by atoms with Gasteiger partial charge in [0, 0.05) is 35.7 Å². The van der Waals surface area contributed by atoms with E-state index in [2.05, 4.69) is 33.0 Å². The second-order valence-corrected chi connectivity index (χ2v) is 5.69. The fourth-order valence-corrected chi connectivity index (χ4v) is 2.45. The smallest absolute Gasteiger partial charge is 0.164 e. The Labute approximate surface area is 128 Å². The van der Waals surface area contributed by atoms with Gasteiger partial charge < -0.3 is 4.90 Å². The molecule has 0 N–H and O–H groups in total. The van der Waals surface area contributed by atoms with E-state index in [0.717, 1.165) is 22.3 Å². The molecule has 0 heterocycles. The standard InChI is InChI=1S/C17H18BrNO/c1-3-17(20)15-6-4-5-7-16(15)19(2)12-13-8-10-14(18)11-9-13/h4-11H,3,12H2,1-2H3. The van der Waals surface area contributed by atoms with Crippen LogP contribution >= 0.6 is 15.9 Å². The Kier molecular flexibility index (Phi) is 4.96. The van der Waals surface area contributed by atoms with E-state index in [1.807, 2.05) is 50.4 Å². The van der Waals surface area contributed by atoms with E-state index in [0.29, 0.717) is 6.42 Å². The van der Waals surface area contributed by atoms with E-state index in [9.17, 15) is 4.79 Å². The molecule has 2 aromatic rings. The molecule has 0 atom stereocenters.